The first kappa shape index (κ1) is 15.1. The average Bonchev–Trinajstić information content (AvgIpc) is 2.81. The Morgan fingerprint density at radius 1 is 1.25 bits per heavy atom. The number of aliphatic carboxylic acids is 1. The van der Waals surface area contributed by atoms with E-state index in [2.05, 4.69) is 26.9 Å². The molecule has 1 aromatic heterocycles. The lowest BCUT2D eigenvalue weighted by molar-refractivity contribution is -0.136. The maximum atomic E-state index is 10.8. The molecule has 0 bridgehead atoms. The van der Waals surface area contributed by atoms with Crippen molar-refractivity contribution in [3.8, 4) is 0 Å². The molecule has 0 spiro atoms. The van der Waals surface area contributed by atoms with Gasteiger partial charge in [0.1, 0.15) is 0 Å². The molecule has 0 saturated carbocycles. The second-order valence-electron chi connectivity index (χ2n) is 4.61. The van der Waals surface area contributed by atoms with Crippen molar-refractivity contribution in [3.63, 3.8) is 0 Å². The normalized spacial score (nSPS) is 10.5. The summed E-state index contributed by atoms with van der Waals surface area (Å²) in [4.78, 5) is 14.1. The average molecular weight is 354 g/mol. The fourth-order valence-corrected chi connectivity index (χ4v) is 3.41. The van der Waals surface area contributed by atoms with E-state index in [9.17, 15) is 4.79 Å². The van der Waals surface area contributed by atoms with Crippen LogP contribution in [0.1, 0.15) is 16.9 Å². The van der Waals surface area contributed by atoms with Crippen molar-refractivity contribution < 1.29 is 9.90 Å². The third-order valence-corrected chi connectivity index (χ3v) is 4.58. The monoisotopic (exact) mass is 353 g/mol. The summed E-state index contributed by atoms with van der Waals surface area (Å²) in [6.45, 7) is 3.28. The SMILES string of the molecule is Cc1ccc(N(CCC(=O)O)Cc2ccc(Br)s2)cc1. The molecule has 0 unspecified atom stereocenters. The summed E-state index contributed by atoms with van der Waals surface area (Å²) in [5.41, 5.74) is 2.26. The maximum absolute atomic E-state index is 10.8. The molecule has 1 aromatic carbocycles. The Balaban J connectivity index is 2.15. The number of hydrogen-bond donors (Lipinski definition) is 1. The number of benzene rings is 1. The van der Waals surface area contributed by atoms with Gasteiger partial charge in [-0.25, -0.2) is 0 Å². The molecule has 0 aliphatic carbocycles. The molecular formula is C15H16BrNO2S. The van der Waals surface area contributed by atoms with Gasteiger partial charge in [-0.1, -0.05) is 17.7 Å². The minimum atomic E-state index is -0.769. The van der Waals surface area contributed by atoms with Gasteiger partial charge >= 0.3 is 5.97 Å². The van der Waals surface area contributed by atoms with Crippen LogP contribution in [0.25, 0.3) is 0 Å². The van der Waals surface area contributed by atoms with E-state index in [4.69, 9.17) is 5.11 Å². The first-order valence-electron chi connectivity index (χ1n) is 6.32. The Morgan fingerprint density at radius 2 is 1.95 bits per heavy atom. The van der Waals surface area contributed by atoms with Crippen molar-refractivity contribution >= 4 is 38.9 Å². The highest BCUT2D eigenvalue weighted by Crippen LogP contribution is 2.25. The minimum Gasteiger partial charge on any atom is -0.481 e. The number of anilines is 1. The highest BCUT2D eigenvalue weighted by Gasteiger charge is 2.10. The topological polar surface area (TPSA) is 40.5 Å². The van der Waals surface area contributed by atoms with Gasteiger partial charge in [0, 0.05) is 17.1 Å². The van der Waals surface area contributed by atoms with Gasteiger partial charge in [0.2, 0.25) is 0 Å². The molecule has 0 aliphatic rings. The highest BCUT2D eigenvalue weighted by molar-refractivity contribution is 9.11. The summed E-state index contributed by atoms with van der Waals surface area (Å²) in [5.74, 6) is -0.769. The summed E-state index contributed by atoms with van der Waals surface area (Å²) in [5, 5.41) is 8.89. The third-order valence-electron chi connectivity index (χ3n) is 2.97. The minimum absolute atomic E-state index is 0.139. The Bertz CT molecular complexity index is 580. The summed E-state index contributed by atoms with van der Waals surface area (Å²) >= 11 is 5.13. The molecule has 0 amide bonds. The quantitative estimate of drug-likeness (QED) is 0.841. The van der Waals surface area contributed by atoms with Gasteiger partial charge in [-0.05, 0) is 47.1 Å². The fourth-order valence-electron chi connectivity index (χ4n) is 1.91. The molecule has 2 rings (SSSR count). The van der Waals surface area contributed by atoms with Gasteiger partial charge in [-0.15, -0.1) is 11.3 Å². The van der Waals surface area contributed by atoms with E-state index < -0.39 is 5.97 Å². The molecule has 2 aromatic rings. The summed E-state index contributed by atoms with van der Waals surface area (Å²) in [6, 6.07) is 12.3. The Hall–Kier alpha value is -1.33. The smallest absolute Gasteiger partial charge is 0.305 e. The molecule has 0 saturated heterocycles. The van der Waals surface area contributed by atoms with Crippen LogP contribution < -0.4 is 4.90 Å². The van der Waals surface area contributed by atoms with Crippen molar-refractivity contribution in [3.05, 3.63) is 50.6 Å². The van der Waals surface area contributed by atoms with Gasteiger partial charge < -0.3 is 10.0 Å². The van der Waals surface area contributed by atoms with Crippen LogP contribution in [0.3, 0.4) is 0 Å². The van der Waals surface area contributed by atoms with Crippen molar-refractivity contribution in [2.75, 3.05) is 11.4 Å². The number of nitrogens with zero attached hydrogens (tertiary/aromatic N) is 1. The van der Waals surface area contributed by atoms with E-state index in [0.29, 0.717) is 6.54 Å². The lowest BCUT2D eigenvalue weighted by Gasteiger charge is -2.23. The predicted molar refractivity (Wildman–Crippen MR) is 86.5 cm³/mol. The van der Waals surface area contributed by atoms with Crippen molar-refractivity contribution in [2.45, 2.75) is 19.9 Å². The molecule has 20 heavy (non-hydrogen) atoms. The van der Waals surface area contributed by atoms with Crippen molar-refractivity contribution in [2.24, 2.45) is 0 Å². The van der Waals surface area contributed by atoms with Gasteiger partial charge in [0.25, 0.3) is 0 Å². The summed E-state index contributed by atoms with van der Waals surface area (Å²) in [6.07, 6.45) is 0.139. The van der Waals surface area contributed by atoms with E-state index in [1.54, 1.807) is 11.3 Å². The van der Waals surface area contributed by atoms with Crippen LogP contribution >= 0.6 is 27.3 Å². The number of aryl methyl sites for hydroxylation is 1. The number of thiophene rings is 1. The molecular weight excluding hydrogens is 338 g/mol. The standard InChI is InChI=1S/C15H16BrNO2S/c1-11-2-4-12(5-3-11)17(9-8-15(18)19)10-13-6-7-14(16)20-13/h2-7H,8-10H2,1H3,(H,18,19). The number of carboxylic acids is 1. The third kappa shape index (κ3) is 4.35. The van der Waals surface area contributed by atoms with Crippen molar-refractivity contribution in [1.82, 2.24) is 0 Å². The zero-order chi connectivity index (χ0) is 14.5. The number of hydrogen-bond acceptors (Lipinski definition) is 3. The van der Waals surface area contributed by atoms with Crippen LogP contribution in [-0.2, 0) is 11.3 Å². The zero-order valence-electron chi connectivity index (χ0n) is 11.2. The van der Waals surface area contributed by atoms with E-state index in [1.807, 2.05) is 37.3 Å². The van der Waals surface area contributed by atoms with E-state index in [0.717, 1.165) is 16.0 Å². The van der Waals surface area contributed by atoms with Crippen LogP contribution in [0.15, 0.2) is 40.2 Å². The van der Waals surface area contributed by atoms with E-state index >= 15 is 0 Å². The molecule has 1 heterocycles. The van der Waals surface area contributed by atoms with E-state index in [1.165, 1.54) is 10.4 Å². The molecule has 3 nitrogen and oxygen atoms in total. The number of carboxylic acid groups (broad SMARTS) is 1. The van der Waals surface area contributed by atoms with Gasteiger partial charge in [0.05, 0.1) is 16.8 Å². The van der Waals surface area contributed by atoms with Crippen molar-refractivity contribution in [1.29, 1.82) is 0 Å². The van der Waals surface area contributed by atoms with Gasteiger partial charge in [0.15, 0.2) is 0 Å². The summed E-state index contributed by atoms with van der Waals surface area (Å²) < 4.78 is 1.09. The Labute approximate surface area is 131 Å². The Kier molecular flexibility index (Phi) is 5.20. The molecule has 5 heteroatoms. The highest BCUT2D eigenvalue weighted by atomic mass is 79.9. The van der Waals surface area contributed by atoms with Gasteiger partial charge in [-0.2, -0.15) is 0 Å². The molecule has 0 atom stereocenters. The first-order chi connectivity index (χ1) is 9.54. The fraction of sp³-hybridized carbons (Fsp3) is 0.267. The molecule has 0 aliphatic heterocycles. The van der Waals surface area contributed by atoms with Gasteiger partial charge in [-0.3, -0.25) is 4.79 Å². The predicted octanol–water partition coefficient (Wildman–Crippen LogP) is 4.30. The number of carbonyl (C=O) groups is 1. The molecule has 106 valence electrons. The van der Waals surface area contributed by atoms with Crippen LogP contribution in [0.2, 0.25) is 0 Å². The molecule has 0 fully saturated rings. The maximum Gasteiger partial charge on any atom is 0.305 e. The lowest BCUT2D eigenvalue weighted by atomic mass is 10.2. The largest absolute Gasteiger partial charge is 0.481 e. The number of rotatable bonds is 6. The van der Waals surface area contributed by atoms with E-state index in [-0.39, 0.29) is 6.42 Å². The van der Waals surface area contributed by atoms with Crippen LogP contribution in [-0.4, -0.2) is 17.6 Å². The second kappa shape index (κ2) is 6.90. The Morgan fingerprint density at radius 3 is 2.50 bits per heavy atom. The van der Waals surface area contributed by atoms with Crippen LogP contribution in [0.4, 0.5) is 5.69 Å². The number of halogens is 1. The molecule has 0 radical (unpaired) electrons. The zero-order valence-corrected chi connectivity index (χ0v) is 13.6. The molecule has 1 N–H and O–H groups in total. The lowest BCUT2D eigenvalue weighted by Crippen LogP contribution is -2.25. The first-order valence-corrected chi connectivity index (χ1v) is 7.93. The second-order valence-corrected chi connectivity index (χ2v) is 7.15. The van der Waals surface area contributed by atoms with Crippen LogP contribution in [0.5, 0.6) is 0 Å². The van der Waals surface area contributed by atoms with Crippen LogP contribution in [0, 0.1) is 6.92 Å². The summed E-state index contributed by atoms with van der Waals surface area (Å²) in [7, 11) is 0.